The van der Waals surface area contributed by atoms with Crippen molar-refractivity contribution >= 4 is 28.1 Å². The van der Waals surface area contributed by atoms with Crippen molar-refractivity contribution in [1.29, 1.82) is 0 Å². The van der Waals surface area contributed by atoms with Crippen LogP contribution >= 0.6 is 11.3 Å². The van der Waals surface area contributed by atoms with E-state index in [2.05, 4.69) is 15.2 Å². The lowest BCUT2D eigenvalue weighted by molar-refractivity contribution is -0.384. The number of non-ortho nitro benzene ring substituents is 1. The van der Waals surface area contributed by atoms with Crippen LogP contribution in [-0.4, -0.2) is 35.4 Å². The maximum atomic E-state index is 12.1. The highest BCUT2D eigenvalue weighted by molar-refractivity contribution is 7.13. The predicted molar refractivity (Wildman–Crippen MR) is 101 cm³/mol. The van der Waals surface area contributed by atoms with Gasteiger partial charge in [-0.3, -0.25) is 14.9 Å². The topological polar surface area (TPSA) is 88.4 Å². The summed E-state index contributed by atoms with van der Waals surface area (Å²) in [7, 11) is 0. The average molecular weight is 374 g/mol. The van der Waals surface area contributed by atoms with Gasteiger partial charge in [0.05, 0.1) is 4.92 Å². The zero-order chi connectivity index (χ0) is 18.4. The molecular formula is C18H22N4O3S. The molecule has 1 saturated heterocycles. The molecule has 1 aliphatic heterocycles. The van der Waals surface area contributed by atoms with Crippen molar-refractivity contribution in [2.75, 3.05) is 24.5 Å². The molecule has 0 saturated carbocycles. The zero-order valence-corrected chi connectivity index (χ0v) is 15.3. The van der Waals surface area contributed by atoms with Gasteiger partial charge in [0.15, 0.2) is 5.13 Å². The fourth-order valence-electron chi connectivity index (χ4n) is 3.17. The number of amides is 1. The van der Waals surface area contributed by atoms with Crippen LogP contribution in [0.4, 0.5) is 10.8 Å². The lowest BCUT2D eigenvalue weighted by Crippen LogP contribution is -2.41. The molecule has 1 fully saturated rings. The Morgan fingerprint density at radius 1 is 1.38 bits per heavy atom. The Labute approximate surface area is 156 Å². The number of anilines is 1. The van der Waals surface area contributed by atoms with Crippen LogP contribution in [-0.2, 0) is 11.2 Å². The lowest BCUT2D eigenvalue weighted by Gasteiger charge is -2.32. The molecule has 1 atom stereocenters. The Balaban J connectivity index is 1.40. The summed E-state index contributed by atoms with van der Waals surface area (Å²) < 4.78 is 0. The van der Waals surface area contributed by atoms with E-state index in [4.69, 9.17) is 0 Å². The Kier molecular flexibility index (Phi) is 6.17. The number of benzene rings is 1. The Morgan fingerprint density at radius 2 is 2.19 bits per heavy atom. The van der Waals surface area contributed by atoms with Crippen LogP contribution in [0.2, 0.25) is 0 Å². The third kappa shape index (κ3) is 5.01. The minimum atomic E-state index is -0.421. The van der Waals surface area contributed by atoms with Crippen molar-refractivity contribution in [2.45, 2.75) is 25.7 Å². The lowest BCUT2D eigenvalue weighted by atomic mass is 9.98. The molecular weight excluding hydrogens is 352 g/mol. The molecule has 1 aromatic carbocycles. The number of rotatable bonds is 7. The van der Waals surface area contributed by atoms with Gasteiger partial charge >= 0.3 is 0 Å². The molecule has 8 heteroatoms. The molecule has 0 bridgehead atoms. The summed E-state index contributed by atoms with van der Waals surface area (Å²) in [5.41, 5.74) is 0.999. The first-order valence-corrected chi connectivity index (χ1v) is 9.64. The number of aryl methyl sites for hydroxylation is 1. The standard InChI is InChI=1S/C18H22N4O3S/c23-17(8-5-14-3-6-16(7-4-14)22(24)25)20-12-15-2-1-10-21(13-15)18-19-9-11-26-18/h3-4,6-7,9,11,15H,1-2,5,8,10,12-13H2,(H,20,23). The Morgan fingerprint density at radius 3 is 2.88 bits per heavy atom. The summed E-state index contributed by atoms with van der Waals surface area (Å²) >= 11 is 1.65. The van der Waals surface area contributed by atoms with E-state index in [0.29, 0.717) is 25.3 Å². The van der Waals surface area contributed by atoms with E-state index >= 15 is 0 Å². The minimum Gasteiger partial charge on any atom is -0.356 e. The molecule has 1 unspecified atom stereocenters. The molecule has 7 nitrogen and oxygen atoms in total. The second kappa shape index (κ2) is 8.75. The highest BCUT2D eigenvalue weighted by atomic mass is 32.1. The number of carbonyl (C=O) groups is 1. The van der Waals surface area contributed by atoms with Gasteiger partial charge in [-0.2, -0.15) is 0 Å². The highest BCUT2D eigenvalue weighted by Gasteiger charge is 2.21. The van der Waals surface area contributed by atoms with Gasteiger partial charge < -0.3 is 10.2 Å². The van der Waals surface area contributed by atoms with E-state index in [0.717, 1.165) is 36.6 Å². The first-order valence-electron chi connectivity index (χ1n) is 8.76. The normalized spacial score (nSPS) is 17.1. The SMILES string of the molecule is O=C(CCc1ccc([N+](=O)[O-])cc1)NCC1CCCN(c2nccs2)C1. The summed E-state index contributed by atoms with van der Waals surface area (Å²) in [4.78, 5) is 29.0. The number of nitro groups is 1. The third-order valence-corrected chi connectivity index (χ3v) is 5.42. The largest absolute Gasteiger partial charge is 0.356 e. The van der Waals surface area contributed by atoms with Crippen LogP contribution < -0.4 is 10.2 Å². The molecule has 1 aromatic heterocycles. The van der Waals surface area contributed by atoms with E-state index in [1.54, 1.807) is 23.5 Å². The van der Waals surface area contributed by atoms with Crippen LogP contribution in [0.15, 0.2) is 35.8 Å². The maximum absolute atomic E-state index is 12.1. The highest BCUT2D eigenvalue weighted by Crippen LogP contribution is 2.24. The fourth-order valence-corrected chi connectivity index (χ4v) is 3.85. The molecule has 1 amide bonds. The summed E-state index contributed by atoms with van der Waals surface area (Å²) in [6.07, 6.45) is 5.03. The Hall–Kier alpha value is -2.48. The number of nitro benzene ring substituents is 1. The summed E-state index contributed by atoms with van der Waals surface area (Å²) in [6, 6.07) is 6.36. The number of nitrogens with one attached hydrogen (secondary N) is 1. The summed E-state index contributed by atoms with van der Waals surface area (Å²) in [6.45, 7) is 2.63. The molecule has 138 valence electrons. The van der Waals surface area contributed by atoms with E-state index in [1.807, 2.05) is 11.6 Å². The second-order valence-corrected chi connectivity index (χ2v) is 7.37. The van der Waals surface area contributed by atoms with Crippen LogP contribution in [0, 0.1) is 16.0 Å². The van der Waals surface area contributed by atoms with Crippen LogP contribution in [0.25, 0.3) is 0 Å². The number of nitrogens with zero attached hydrogens (tertiary/aromatic N) is 3. The number of hydrogen-bond acceptors (Lipinski definition) is 6. The Bertz CT molecular complexity index is 733. The number of carbonyl (C=O) groups excluding carboxylic acids is 1. The molecule has 0 aliphatic carbocycles. The second-order valence-electron chi connectivity index (χ2n) is 6.50. The fraction of sp³-hybridized carbons (Fsp3) is 0.444. The van der Waals surface area contributed by atoms with Crippen molar-refractivity contribution in [3.8, 4) is 0 Å². The molecule has 2 aromatic rings. The van der Waals surface area contributed by atoms with Gasteiger partial charge in [-0.05, 0) is 30.7 Å². The van der Waals surface area contributed by atoms with Crippen molar-refractivity contribution < 1.29 is 9.72 Å². The molecule has 1 aliphatic rings. The third-order valence-electron chi connectivity index (χ3n) is 4.58. The van der Waals surface area contributed by atoms with Gasteiger partial charge in [0.2, 0.25) is 5.91 Å². The predicted octanol–water partition coefficient (Wildman–Crippen LogP) is 3.02. The van der Waals surface area contributed by atoms with Gasteiger partial charge in [0.1, 0.15) is 0 Å². The van der Waals surface area contributed by atoms with Crippen molar-refractivity contribution in [1.82, 2.24) is 10.3 Å². The monoisotopic (exact) mass is 374 g/mol. The maximum Gasteiger partial charge on any atom is 0.269 e. The zero-order valence-electron chi connectivity index (χ0n) is 14.5. The number of piperidine rings is 1. The minimum absolute atomic E-state index is 0.0229. The van der Waals surface area contributed by atoms with Gasteiger partial charge in [0, 0.05) is 49.8 Å². The van der Waals surface area contributed by atoms with E-state index < -0.39 is 4.92 Å². The number of aromatic nitrogens is 1. The van der Waals surface area contributed by atoms with Gasteiger partial charge in [-0.1, -0.05) is 12.1 Å². The molecule has 3 rings (SSSR count). The first kappa shape index (κ1) is 18.3. The van der Waals surface area contributed by atoms with Crippen molar-refractivity contribution in [2.24, 2.45) is 5.92 Å². The van der Waals surface area contributed by atoms with Crippen LogP contribution in [0.3, 0.4) is 0 Å². The van der Waals surface area contributed by atoms with Crippen molar-refractivity contribution in [3.63, 3.8) is 0 Å². The van der Waals surface area contributed by atoms with Gasteiger partial charge in [-0.15, -0.1) is 11.3 Å². The molecule has 1 N–H and O–H groups in total. The van der Waals surface area contributed by atoms with Gasteiger partial charge in [0.25, 0.3) is 5.69 Å². The molecule has 0 radical (unpaired) electrons. The van der Waals surface area contributed by atoms with Gasteiger partial charge in [-0.25, -0.2) is 4.98 Å². The summed E-state index contributed by atoms with van der Waals surface area (Å²) in [5, 5.41) is 16.7. The van der Waals surface area contributed by atoms with E-state index in [1.165, 1.54) is 12.1 Å². The quantitative estimate of drug-likeness (QED) is 0.594. The number of thiazole rings is 1. The number of hydrogen-bond donors (Lipinski definition) is 1. The molecule has 0 spiro atoms. The van der Waals surface area contributed by atoms with E-state index in [9.17, 15) is 14.9 Å². The smallest absolute Gasteiger partial charge is 0.269 e. The van der Waals surface area contributed by atoms with Crippen LogP contribution in [0.1, 0.15) is 24.8 Å². The molecule has 26 heavy (non-hydrogen) atoms. The average Bonchev–Trinajstić information content (AvgIpc) is 3.20. The summed E-state index contributed by atoms with van der Waals surface area (Å²) in [5.74, 6) is 0.464. The first-order chi connectivity index (χ1) is 12.6. The van der Waals surface area contributed by atoms with Crippen LogP contribution in [0.5, 0.6) is 0 Å². The van der Waals surface area contributed by atoms with Crippen molar-refractivity contribution in [3.05, 3.63) is 51.5 Å². The van der Waals surface area contributed by atoms with E-state index in [-0.39, 0.29) is 11.6 Å². The molecule has 2 heterocycles.